The number of fused-ring (bicyclic) bond motifs is 1. The third-order valence-corrected chi connectivity index (χ3v) is 4.79. The molecule has 11 heteroatoms. The van der Waals surface area contributed by atoms with Gasteiger partial charge in [-0.25, -0.2) is 23.5 Å². The molecule has 3 N–H and O–H groups in total. The van der Waals surface area contributed by atoms with E-state index in [1.165, 1.54) is 29.8 Å². The van der Waals surface area contributed by atoms with E-state index in [0.29, 0.717) is 16.0 Å². The normalized spacial score (nSPS) is 10.6. The van der Waals surface area contributed by atoms with E-state index in [1.807, 2.05) is 6.07 Å². The molecule has 1 aromatic carbocycles. The minimum absolute atomic E-state index is 0.0671. The SMILES string of the molecule is N#Cc1c[nH]c2nccc(Oc3c(F)cc(NC(=O)NCc4nccs4)cc3F)c12. The van der Waals surface area contributed by atoms with Crippen LogP contribution in [0, 0.1) is 23.0 Å². The molecule has 4 rings (SSSR count). The fourth-order valence-corrected chi connectivity index (χ4v) is 3.27. The van der Waals surface area contributed by atoms with Crippen molar-refractivity contribution in [3.8, 4) is 17.6 Å². The van der Waals surface area contributed by atoms with Gasteiger partial charge in [0.05, 0.1) is 17.5 Å². The molecule has 0 spiro atoms. The molecular weight excluding hydrogens is 414 g/mol. The number of carbonyl (C=O) groups is 1. The summed E-state index contributed by atoms with van der Waals surface area (Å²) >= 11 is 1.37. The summed E-state index contributed by atoms with van der Waals surface area (Å²) in [6.07, 6.45) is 4.41. The summed E-state index contributed by atoms with van der Waals surface area (Å²) in [5, 5.41) is 16.9. The van der Waals surface area contributed by atoms with E-state index in [2.05, 4.69) is 25.6 Å². The first-order valence-electron chi connectivity index (χ1n) is 8.51. The van der Waals surface area contributed by atoms with E-state index < -0.39 is 23.4 Å². The summed E-state index contributed by atoms with van der Waals surface area (Å²) in [6, 6.07) is 4.58. The average molecular weight is 426 g/mol. The summed E-state index contributed by atoms with van der Waals surface area (Å²) < 4.78 is 34.5. The molecule has 0 radical (unpaired) electrons. The lowest BCUT2D eigenvalue weighted by molar-refractivity contribution is 0.251. The number of amides is 2. The van der Waals surface area contributed by atoms with Crippen LogP contribution in [0.25, 0.3) is 11.0 Å². The Morgan fingerprint density at radius 3 is 2.77 bits per heavy atom. The number of hydrogen-bond donors (Lipinski definition) is 3. The van der Waals surface area contributed by atoms with Crippen LogP contribution >= 0.6 is 11.3 Å². The number of benzene rings is 1. The fraction of sp³-hybridized carbons (Fsp3) is 0.0526. The van der Waals surface area contributed by atoms with Gasteiger partial charge < -0.3 is 20.4 Å². The van der Waals surface area contributed by atoms with Crippen LogP contribution in [-0.4, -0.2) is 21.0 Å². The third-order valence-electron chi connectivity index (χ3n) is 4.01. The van der Waals surface area contributed by atoms with Crippen LogP contribution in [-0.2, 0) is 6.54 Å². The lowest BCUT2D eigenvalue weighted by Crippen LogP contribution is -2.28. The number of urea groups is 1. The average Bonchev–Trinajstić information content (AvgIpc) is 3.39. The maximum Gasteiger partial charge on any atom is 0.319 e. The van der Waals surface area contributed by atoms with Crippen molar-refractivity contribution < 1.29 is 18.3 Å². The van der Waals surface area contributed by atoms with Crippen LogP contribution in [0.3, 0.4) is 0 Å². The number of aromatic amines is 1. The van der Waals surface area contributed by atoms with Gasteiger partial charge >= 0.3 is 6.03 Å². The van der Waals surface area contributed by atoms with Crippen molar-refractivity contribution in [3.05, 3.63) is 64.4 Å². The quantitative estimate of drug-likeness (QED) is 0.440. The summed E-state index contributed by atoms with van der Waals surface area (Å²) in [4.78, 5) is 22.8. The molecule has 8 nitrogen and oxygen atoms in total. The Morgan fingerprint density at radius 1 is 1.27 bits per heavy atom. The molecule has 3 aromatic heterocycles. The maximum absolute atomic E-state index is 14.5. The topological polar surface area (TPSA) is 116 Å². The van der Waals surface area contributed by atoms with Crippen LogP contribution in [0.1, 0.15) is 10.6 Å². The van der Waals surface area contributed by atoms with Crippen LogP contribution in [0.2, 0.25) is 0 Å². The molecule has 30 heavy (non-hydrogen) atoms. The van der Waals surface area contributed by atoms with E-state index in [-0.39, 0.29) is 23.5 Å². The molecule has 0 atom stereocenters. The van der Waals surface area contributed by atoms with Gasteiger partial charge in [-0.2, -0.15) is 5.26 Å². The second kappa shape index (κ2) is 8.14. The van der Waals surface area contributed by atoms with E-state index in [9.17, 15) is 18.8 Å². The van der Waals surface area contributed by atoms with Crippen molar-refractivity contribution in [1.82, 2.24) is 20.3 Å². The zero-order chi connectivity index (χ0) is 21.1. The van der Waals surface area contributed by atoms with E-state index in [0.717, 1.165) is 12.1 Å². The predicted octanol–water partition coefficient (Wildman–Crippen LogP) is 4.28. The number of ether oxygens (including phenoxy) is 1. The first-order valence-corrected chi connectivity index (χ1v) is 9.39. The van der Waals surface area contributed by atoms with Crippen LogP contribution in [0.5, 0.6) is 11.5 Å². The highest BCUT2D eigenvalue weighted by atomic mass is 32.1. The highest BCUT2D eigenvalue weighted by molar-refractivity contribution is 7.09. The lowest BCUT2D eigenvalue weighted by atomic mass is 10.2. The summed E-state index contributed by atoms with van der Waals surface area (Å²) in [5.41, 5.74) is 0.484. The summed E-state index contributed by atoms with van der Waals surface area (Å²) in [6.45, 7) is 0.186. The van der Waals surface area contributed by atoms with Gasteiger partial charge in [0.1, 0.15) is 22.5 Å². The number of nitrogens with one attached hydrogen (secondary N) is 3. The van der Waals surface area contributed by atoms with Crippen LogP contribution < -0.4 is 15.4 Å². The number of H-pyrrole nitrogens is 1. The second-order valence-electron chi connectivity index (χ2n) is 5.95. The van der Waals surface area contributed by atoms with E-state index >= 15 is 0 Å². The number of hydrogen-bond acceptors (Lipinski definition) is 6. The third kappa shape index (κ3) is 3.89. The van der Waals surface area contributed by atoms with Gasteiger partial charge in [0.15, 0.2) is 17.4 Å². The van der Waals surface area contributed by atoms with Gasteiger partial charge in [0.2, 0.25) is 0 Å². The Labute approximate surface area is 172 Å². The number of nitriles is 1. The Balaban J connectivity index is 1.53. The molecule has 150 valence electrons. The zero-order valence-electron chi connectivity index (χ0n) is 15.1. The lowest BCUT2D eigenvalue weighted by Gasteiger charge is -2.12. The van der Waals surface area contributed by atoms with Gasteiger partial charge in [-0.15, -0.1) is 11.3 Å². The van der Waals surface area contributed by atoms with Crippen molar-refractivity contribution in [1.29, 1.82) is 5.26 Å². The summed E-state index contributed by atoms with van der Waals surface area (Å²) in [5.74, 6) is -2.65. The first-order chi connectivity index (χ1) is 14.5. The molecule has 0 bridgehead atoms. The molecule has 0 saturated heterocycles. The molecule has 2 amide bonds. The number of aromatic nitrogens is 3. The minimum atomic E-state index is -1.02. The molecular formula is C19H12F2N6O2S. The van der Waals surface area contributed by atoms with Crippen molar-refractivity contribution in [2.75, 3.05) is 5.32 Å². The Morgan fingerprint density at radius 2 is 2.07 bits per heavy atom. The molecule has 0 unspecified atom stereocenters. The number of pyridine rings is 1. The smallest absolute Gasteiger partial charge is 0.319 e. The van der Waals surface area contributed by atoms with Gasteiger partial charge in [-0.1, -0.05) is 0 Å². The Bertz CT molecular complexity index is 1240. The fourth-order valence-electron chi connectivity index (χ4n) is 2.71. The molecule has 0 aliphatic heterocycles. The number of nitrogens with zero attached hydrogens (tertiary/aromatic N) is 3. The standard InChI is InChI=1S/C19H12F2N6O2S/c20-12-5-11(27-19(28)26-9-15-23-3-4-30-15)6-13(21)17(12)29-14-1-2-24-18-16(14)10(7-22)8-25-18/h1-6,8H,9H2,(H,24,25)(H2,26,27,28). The van der Waals surface area contributed by atoms with Gasteiger partial charge in [0.25, 0.3) is 0 Å². The number of thiazole rings is 1. The van der Waals surface area contributed by atoms with E-state index in [4.69, 9.17) is 4.74 Å². The zero-order valence-corrected chi connectivity index (χ0v) is 15.9. The second-order valence-corrected chi connectivity index (χ2v) is 6.93. The number of anilines is 1. The number of rotatable bonds is 5. The van der Waals surface area contributed by atoms with Gasteiger partial charge in [-0.3, -0.25) is 0 Å². The van der Waals surface area contributed by atoms with Crippen LogP contribution in [0.15, 0.2) is 42.2 Å². The molecule has 4 aromatic rings. The van der Waals surface area contributed by atoms with E-state index in [1.54, 1.807) is 11.6 Å². The maximum atomic E-state index is 14.5. The number of halogens is 2. The molecule has 3 heterocycles. The van der Waals surface area contributed by atoms with Crippen molar-refractivity contribution in [2.24, 2.45) is 0 Å². The molecule has 0 saturated carbocycles. The van der Waals surface area contributed by atoms with Gasteiger partial charge in [0, 0.05) is 41.8 Å². The van der Waals surface area contributed by atoms with Gasteiger partial charge in [-0.05, 0) is 6.07 Å². The first kappa shape index (κ1) is 19.3. The Kier molecular flexibility index (Phi) is 5.23. The Hall–Kier alpha value is -4.04. The van der Waals surface area contributed by atoms with Crippen molar-refractivity contribution in [2.45, 2.75) is 6.54 Å². The molecule has 0 aliphatic carbocycles. The largest absolute Gasteiger partial charge is 0.450 e. The number of carbonyl (C=O) groups excluding carboxylic acids is 1. The highest BCUT2D eigenvalue weighted by Crippen LogP contribution is 2.34. The van der Waals surface area contributed by atoms with Crippen molar-refractivity contribution >= 4 is 34.1 Å². The predicted molar refractivity (Wildman–Crippen MR) is 105 cm³/mol. The molecule has 0 fully saturated rings. The minimum Gasteiger partial charge on any atom is -0.450 e. The van der Waals surface area contributed by atoms with Crippen LogP contribution in [0.4, 0.5) is 19.3 Å². The molecule has 0 aliphatic rings. The van der Waals surface area contributed by atoms with Crippen molar-refractivity contribution in [3.63, 3.8) is 0 Å². The monoisotopic (exact) mass is 426 g/mol. The summed E-state index contributed by atoms with van der Waals surface area (Å²) in [7, 11) is 0. The highest BCUT2D eigenvalue weighted by Gasteiger charge is 2.18.